The number of nitrogens with zero attached hydrogens (tertiary/aromatic N) is 3. The Balaban J connectivity index is 1.67. The molecule has 1 aromatic rings. The van der Waals surface area contributed by atoms with Crippen molar-refractivity contribution in [1.29, 1.82) is 0 Å². The topological polar surface area (TPSA) is 123 Å². The van der Waals surface area contributed by atoms with Gasteiger partial charge in [-0.15, -0.1) is 0 Å². The van der Waals surface area contributed by atoms with E-state index in [0.717, 1.165) is 5.82 Å². The number of nitrogen functional groups attached to an aromatic ring is 1. The van der Waals surface area contributed by atoms with Gasteiger partial charge in [0.05, 0.1) is 11.1 Å². The zero-order chi connectivity index (χ0) is 19.5. The van der Waals surface area contributed by atoms with Gasteiger partial charge in [0.1, 0.15) is 30.7 Å². The number of ether oxygens (including phenoxy) is 2. The predicted molar refractivity (Wildman–Crippen MR) is 100 cm³/mol. The highest BCUT2D eigenvalue weighted by Gasteiger charge is 2.53. The summed E-state index contributed by atoms with van der Waals surface area (Å²) in [5, 5.41) is 14.1. The van der Waals surface area contributed by atoms with Crippen molar-refractivity contribution in [3.8, 4) is 0 Å². The van der Waals surface area contributed by atoms with Crippen molar-refractivity contribution in [3.63, 3.8) is 0 Å². The van der Waals surface area contributed by atoms with Crippen LogP contribution in [-0.2, 0) is 14.3 Å². The molecule has 150 valence electrons. The molecule has 2 aliphatic rings. The van der Waals surface area contributed by atoms with Gasteiger partial charge in [-0.2, -0.15) is 0 Å². The van der Waals surface area contributed by atoms with Crippen molar-refractivity contribution in [2.24, 2.45) is 0 Å². The molecule has 1 spiro atoms. The number of amides is 1. The number of aliphatic hydroxyl groups is 1. The van der Waals surface area contributed by atoms with E-state index in [9.17, 15) is 9.90 Å². The Kier molecular flexibility index (Phi) is 5.83. The lowest BCUT2D eigenvalue weighted by atomic mass is 9.73. The van der Waals surface area contributed by atoms with E-state index >= 15 is 0 Å². The molecule has 0 aromatic carbocycles. The SMILES string of the molecule is CCOCC(=O)N[C@]1(C)CCOC2(CCN(c3cc(N)ncn3)CC2)[C@H]1O. The zero-order valence-electron chi connectivity index (χ0n) is 16.0. The number of nitrogens with two attached hydrogens (primary N) is 1. The fraction of sp³-hybridized carbons (Fsp3) is 0.722. The quantitative estimate of drug-likeness (QED) is 0.658. The zero-order valence-corrected chi connectivity index (χ0v) is 16.0. The Bertz CT molecular complexity index is 665. The van der Waals surface area contributed by atoms with E-state index in [1.807, 2.05) is 13.8 Å². The third-order valence-electron chi connectivity index (χ3n) is 5.58. The molecule has 9 nitrogen and oxygen atoms in total. The van der Waals surface area contributed by atoms with Gasteiger partial charge in [0.25, 0.3) is 0 Å². The molecule has 27 heavy (non-hydrogen) atoms. The summed E-state index contributed by atoms with van der Waals surface area (Å²) in [6.07, 6.45) is 2.47. The van der Waals surface area contributed by atoms with Crippen LogP contribution in [0.3, 0.4) is 0 Å². The van der Waals surface area contributed by atoms with Crippen LogP contribution in [0.2, 0.25) is 0 Å². The van der Waals surface area contributed by atoms with E-state index in [0.29, 0.717) is 51.4 Å². The first-order valence-corrected chi connectivity index (χ1v) is 9.42. The Morgan fingerprint density at radius 1 is 1.44 bits per heavy atom. The molecule has 0 unspecified atom stereocenters. The number of nitrogens with one attached hydrogen (secondary N) is 1. The lowest BCUT2D eigenvalue weighted by Gasteiger charge is -2.53. The number of anilines is 2. The van der Waals surface area contributed by atoms with Gasteiger partial charge >= 0.3 is 0 Å². The molecule has 2 atom stereocenters. The van der Waals surface area contributed by atoms with E-state index in [1.54, 1.807) is 6.07 Å². The lowest BCUT2D eigenvalue weighted by molar-refractivity contribution is -0.198. The molecule has 0 aliphatic carbocycles. The monoisotopic (exact) mass is 379 g/mol. The van der Waals surface area contributed by atoms with Crippen molar-refractivity contribution < 1.29 is 19.4 Å². The summed E-state index contributed by atoms with van der Waals surface area (Å²) in [7, 11) is 0. The third kappa shape index (κ3) is 4.15. The molecule has 2 saturated heterocycles. The van der Waals surface area contributed by atoms with Crippen molar-refractivity contribution >= 4 is 17.5 Å². The molecule has 1 amide bonds. The van der Waals surface area contributed by atoms with Crippen LogP contribution in [0.5, 0.6) is 0 Å². The number of carbonyl (C=O) groups is 1. The van der Waals surface area contributed by atoms with E-state index in [-0.39, 0.29) is 12.5 Å². The first-order chi connectivity index (χ1) is 12.9. The standard InChI is InChI=1S/C18H29N5O4/c1-3-26-11-15(24)22-17(2)6-9-27-18(16(17)25)4-7-23(8-5-18)14-10-13(19)20-12-21-14/h10,12,16,25H,3-9,11H2,1-2H3,(H,22,24)(H2,19,20,21)/t16-,17+/m0/s1. The van der Waals surface area contributed by atoms with E-state index in [2.05, 4.69) is 20.2 Å². The first-order valence-electron chi connectivity index (χ1n) is 9.42. The van der Waals surface area contributed by atoms with Crippen LogP contribution in [0, 0.1) is 0 Å². The Morgan fingerprint density at radius 2 is 2.19 bits per heavy atom. The average molecular weight is 379 g/mol. The van der Waals surface area contributed by atoms with Gasteiger partial charge in [-0.05, 0) is 33.1 Å². The number of hydrogen-bond acceptors (Lipinski definition) is 8. The minimum absolute atomic E-state index is 0.00439. The Morgan fingerprint density at radius 3 is 2.85 bits per heavy atom. The second-order valence-corrected chi connectivity index (χ2v) is 7.46. The number of rotatable bonds is 5. The Labute approximate surface area is 159 Å². The molecule has 0 bridgehead atoms. The van der Waals surface area contributed by atoms with Gasteiger partial charge in [0.2, 0.25) is 5.91 Å². The summed E-state index contributed by atoms with van der Waals surface area (Å²) < 4.78 is 11.2. The summed E-state index contributed by atoms with van der Waals surface area (Å²) in [5.41, 5.74) is 4.33. The highest BCUT2D eigenvalue weighted by molar-refractivity contribution is 5.78. The smallest absolute Gasteiger partial charge is 0.246 e. The lowest BCUT2D eigenvalue weighted by Crippen LogP contribution is -2.69. The number of aromatic nitrogens is 2. The van der Waals surface area contributed by atoms with Crippen LogP contribution in [0.4, 0.5) is 11.6 Å². The molecular weight excluding hydrogens is 350 g/mol. The van der Waals surface area contributed by atoms with E-state index < -0.39 is 17.2 Å². The Hall–Kier alpha value is -1.97. The predicted octanol–water partition coefficient (Wildman–Crippen LogP) is 0.0904. The highest BCUT2D eigenvalue weighted by atomic mass is 16.5. The molecule has 0 radical (unpaired) electrons. The first kappa shape index (κ1) is 19.8. The molecule has 3 rings (SSSR count). The van der Waals surface area contributed by atoms with Crippen molar-refractivity contribution in [3.05, 3.63) is 12.4 Å². The molecule has 2 fully saturated rings. The van der Waals surface area contributed by atoms with Crippen LogP contribution in [-0.4, -0.2) is 71.1 Å². The van der Waals surface area contributed by atoms with Gasteiger partial charge in [0, 0.05) is 32.4 Å². The molecule has 0 saturated carbocycles. The molecule has 4 N–H and O–H groups in total. The minimum atomic E-state index is -0.804. The summed E-state index contributed by atoms with van der Waals surface area (Å²) in [5.74, 6) is 0.985. The molecule has 1 aromatic heterocycles. The van der Waals surface area contributed by atoms with Gasteiger partial charge in [0.15, 0.2) is 0 Å². The molecule has 9 heteroatoms. The van der Waals surface area contributed by atoms with Crippen LogP contribution >= 0.6 is 0 Å². The van der Waals surface area contributed by atoms with Crippen LogP contribution < -0.4 is 16.0 Å². The van der Waals surface area contributed by atoms with Crippen molar-refractivity contribution in [2.45, 2.75) is 50.4 Å². The minimum Gasteiger partial charge on any atom is -0.388 e. The summed E-state index contributed by atoms with van der Waals surface area (Å²) in [4.78, 5) is 22.4. The number of carbonyl (C=O) groups excluding carboxylic acids is 1. The largest absolute Gasteiger partial charge is 0.388 e. The molecule has 2 aliphatic heterocycles. The number of hydrogen-bond donors (Lipinski definition) is 3. The third-order valence-corrected chi connectivity index (χ3v) is 5.58. The summed E-state index contributed by atoms with van der Waals surface area (Å²) in [6.45, 7) is 6.03. The fourth-order valence-corrected chi connectivity index (χ4v) is 4.01. The van der Waals surface area contributed by atoms with Crippen LogP contribution in [0.25, 0.3) is 0 Å². The normalized spacial score (nSPS) is 27.5. The van der Waals surface area contributed by atoms with Gasteiger partial charge in [-0.1, -0.05) is 0 Å². The van der Waals surface area contributed by atoms with Gasteiger partial charge < -0.3 is 30.5 Å². The van der Waals surface area contributed by atoms with E-state index in [1.165, 1.54) is 6.33 Å². The second kappa shape index (κ2) is 7.95. The maximum atomic E-state index is 12.1. The van der Waals surface area contributed by atoms with Crippen LogP contribution in [0.15, 0.2) is 12.4 Å². The van der Waals surface area contributed by atoms with Gasteiger partial charge in [-0.3, -0.25) is 4.79 Å². The highest BCUT2D eigenvalue weighted by Crippen LogP contribution is 2.40. The molecular formula is C18H29N5O4. The average Bonchev–Trinajstić information content (AvgIpc) is 2.65. The van der Waals surface area contributed by atoms with E-state index in [4.69, 9.17) is 15.2 Å². The summed E-state index contributed by atoms with van der Waals surface area (Å²) in [6, 6.07) is 1.74. The van der Waals surface area contributed by atoms with Crippen molar-refractivity contribution in [1.82, 2.24) is 15.3 Å². The fourth-order valence-electron chi connectivity index (χ4n) is 4.01. The molecule has 3 heterocycles. The summed E-state index contributed by atoms with van der Waals surface area (Å²) >= 11 is 0. The van der Waals surface area contributed by atoms with Gasteiger partial charge in [-0.25, -0.2) is 9.97 Å². The second-order valence-electron chi connectivity index (χ2n) is 7.46. The van der Waals surface area contributed by atoms with Crippen LogP contribution in [0.1, 0.15) is 33.1 Å². The number of piperidine rings is 1. The number of aliphatic hydroxyl groups excluding tert-OH is 1. The maximum Gasteiger partial charge on any atom is 0.246 e. The maximum absolute atomic E-state index is 12.1. The van der Waals surface area contributed by atoms with Crippen molar-refractivity contribution in [2.75, 3.05) is 43.5 Å².